The molecule has 5 heteroatoms. The van der Waals surface area contributed by atoms with Gasteiger partial charge in [-0.05, 0) is 36.8 Å². The van der Waals surface area contributed by atoms with Crippen molar-refractivity contribution >= 4 is 40.3 Å². The quantitative estimate of drug-likeness (QED) is 0.926. The van der Waals surface area contributed by atoms with Crippen molar-refractivity contribution in [1.82, 2.24) is 9.55 Å². The molecule has 1 aliphatic rings. The molecule has 3 rings (SSSR count). The van der Waals surface area contributed by atoms with Crippen molar-refractivity contribution < 1.29 is 0 Å². The van der Waals surface area contributed by atoms with E-state index in [1.165, 1.54) is 19.3 Å². The molecule has 0 aliphatic heterocycles. The normalized spacial score (nSPS) is 23.3. The van der Waals surface area contributed by atoms with Gasteiger partial charge in [-0.1, -0.05) is 24.9 Å². The fourth-order valence-electron chi connectivity index (χ4n) is 3.05. The van der Waals surface area contributed by atoms with Gasteiger partial charge in [0.1, 0.15) is 0 Å². The predicted molar refractivity (Wildman–Crippen MR) is 84.0 cm³/mol. The number of nitrogens with zero attached hydrogens (tertiary/aromatic N) is 2. The molecule has 2 unspecified atom stereocenters. The Balaban J connectivity index is 2.06. The first kappa shape index (κ1) is 13.1. The zero-order valence-electron chi connectivity index (χ0n) is 11.0. The first-order chi connectivity index (χ1) is 9.20. The van der Waals surface area contributed by atoms with Crippen molar-refractivity contribution in [3.8, 4) is 0 Å². The van der Waals surface area contributed by atoms with Gasteiger partial charge in [0.15, 0.2) is 0 Å². The van der Waals surface area contributed by atoms with E-state index in [4.69, 9.17) is 17.3 Å². The number of nitrogens with two attached hydrogens (primary N) is 1. The number of fused-ring (bicyclic) bond motifs is 1. The van der Waals surface area contributed by atoms with Gasteiger partial charge in [0, 0.05) is 16.3 Å². The highest BCUT2D eigenvalue weighted by atomic mass is 35.5. The van der Waals surface area contributed by atoms with Crippen molar-refractivity contribution in [3.63, 3.8) is 0 Å². The molecule has 3 nitrogen and oxygen atoms in total. The van der Waals surface area contributed by atoms with E-state index < -0.39 is 0 Å². The summed E-state index contributed by atoms with van der Waals surface area (Å²) >= 11 is 8.06. The summed E-state index contributed by atoms with van der Waals surface area (Å²) in [7, 11) is 0. The Morgan fingerprint density at radius 1 is 1.47 bits per heavy atom. The standard InChI is InChI=1S/C14H18ClN3S/c1-2-19-13-5-3-4-12(13)18-11-7-6-9(15)8-10(11)17-14(18)16/h6-8,12-13H,2-5H2,1H3,(H2,16,17). The van der Waals surface area contributed by atoms with Crippen LogP contribution in [0.3, 0.4) is 0 Å². The van der Waals surface area contributed by atoms with Gasteiger partial charge in [-0.2, -0.15) is 11.8 Å². The second kappa shape index (κ2) is 5.25. The Kier molecular flexibility index (Phi) is 3.63. The highest BCUT2D eigenvalue weighted by molar-refractivity contribution is 7.99. The van der Waals surface area contributed by atoms with Crippen LogP contribution in [-0.4, -0.2) is 20.6 Å². The summed E-state index contributed by atoms with van der Waals surface area (Å²) in [5, 5.41) is 1.36. The van der Waals surface area contributed by atoms with Crippen LogP contribution in [-0.2, 0) is 0 Å². The zero-order chi connectivity index (χ0) is 13.4. The number of hydrogen-bond acceptors (Lipinski definition) is 3. The topological polar surface area (TPSA) is 43.8 Å². The fourth-order valence-corrected chi connectivity index (χ4v) is 4.46. The van der Waals surface area contributed by atoms with Crippen LogP contribution >= 0.6 is 23.4 Å². The second-order valence-electron chi connectivity index (χ2n) is 4.97. The number of nitrogen functional groups attached to an aromatic ring is 1. The number of rotatable bonds is 3. The third-order valence-electron chi connectivity index (χ3n) is 3.81. The molecule has 2 atom stereocenters. The van der Waals surface area contributed by atoms with Crippen molar-refractivity contribution in [2.24, 2.45) is 0 Å². The molecule has 1 fully saturated rings. The minimum Gasteiger partial charge on any atom is -0.369 e. The summed E-state index contributed by atoms with van der Waals surface area (Å²) in [5.41, 5.74) is 8.15. The van der Waals surface area contributed by atoms with Gasteiger partial charge >= 0.3 is 0 Å². The maximum absolute atomic E-state index is 6.14. The molecule has 0 amide bonds. The smallest absolute Gasteiger partial charge is 0.201 e. The molecule has 1 aromatic heterocycles. The van der Waals surface area contributed by atoms with Gasteiger partial charge in [-0.25, -0.2) is 4.98 Å². The Hall–Kier alpha value is -0.870. The maximum Gasteiger partial charge on any atom is 0.201 e. The highest BCUT2D eigenvalue weighted by Gasteiger charge is 2.31. The van der Waals surface area contributed by atoms with Crippen LogP contribution in [0.4, 0.5) is 5.95 Å². The number of aromatic nitrogens is 2. The third-order valence-corrected chi connectivity index (χ3v) is 5.36. The van der Waals surface area contributed by atoms with Gasteiger partial charge in [-0.3, -0.25) is 0 Å². The van der Waals surface area contributed by atoms with Gasteiger partial charge in [0.05, 0.1) is 11.0 Å². The minimum atomic E-state index is 0.469. The van der Waals surface area contributed by atoms with E-state index in [9.17, 15) is 0 Å². The average molecular weight is 296 g/mol. The molecule has 0 saturated heterocycles. The summed E-state index contributed by atoms with van der Waals surface area (Å²) in [4.78, 5) is 4.46. The van der Waals surface area contributed by atoms with E-state index in [0.29, 0.717) is 22.3 Å². The SMILES string of the molecule is CCSC1CCCC1n1c(N)nc2cc(Cl)ccc21. The van der Waals surface area contributed by atoms with E-state index in [1.807, 2.05) is 30.0 Å². The minimum absolute atomic E-state index is 0.469. The first-order valence-electron chi connectivity index (χ1n) is 6.75. The molecule has 102 valence electrons. The molecule has 0 spiro atoms. The van der Waals surface area contributed by atoms with Gasteiger partial charge < -0.3 is 10.3 Å². The second-order valence-corrected chi connectivity index (χ2v) is 6.92. The van der Waals surface area contributed by atoms with E-state index in [2.05, 4.69) is 16.5 Å². The number of thioether (sulfide) groups is 1. The fraction of sp³-hybridized carbons (Fsp3) is 0.500. The molecule has 1 heterocycles. The van der Waals surface area contributed by atoms with Crippen molar-refractivity contribution in [2.45, 2.75) is 37.5 Å². The molecule has 2 N–H and O–H groups in total. The highest BCUT2D eigenvalue weighted by Crippen LogP contribution is 2.41. The Morgan fingerprint density at radius 2 is 2.32 bits per heavy atom. The van der Waals surface area contributed by atoms with Crippen LogP contribution in [0.5, 0.6) is 0 Å². The molecule has 0 bridgehead atoms. The van der Waals surface area contributed by atoms with Crippen LogP contribution in [0.2, 0.25) is 5.02 Å². The summed E-state index contributed by atoms with van der Waals surface area (Å²) in [6, 6.07) is 6.31. The Morgan fingerprint density at radius 3 is 3.11 bits per heavy atom. The third kappa shape index (κ3) is 2.32. The van der Waals surface area contributed by atoms with Crippen LogP contribution in [0.25, 0.3) is 11.0 Å². The van der Waals surface area contributed by atoms with E-state index in [1.54, 1.807) is 0 Å². The lowest BCUT2D eigenvalue weighted by Gasteiger charge is -2.22. The van der Waals surface area contributed by atoms with Gasteiger partial charge in [0.2, 0.25) is 5.95 Å². The predicted octanol–water partition coefficient (Wildman–Crippen LogP) is 4.12. The van der Waals surface area contributed by atoms with Crippen LogP contribution in [0.15, 0.2) is 18.2 Å². The van der Waals surface area contributed by atoms with Gasteiger partial charge in [-0.15, -0.1) is 0 Å². The lowest BCUT2D eigenvalue weighted by Crippen LogP contribution is -2.18. The van der Waals surface area contributed by atoms with Crippen molar-refractivity contribution in [3.05, 3.63) is 23.2 Å². The molecular weight excluding hydrogens is 278 g/mol. The largest absolute Gasteiger partial charge is 0.369 e. The average Bonchev–Trinajstić information content (AvgIpc) is 2.92. The molecule has 1 saturated carbocycles. The van der Waals surface area contributed by atoms with E-state index in [-0.39, 0.29) is 0 Å². The van der Waals surface area contributed by atoms with Crippen LogP contribution in [0.1, 0.15) is 32.2 Å². The van der Waals surface area contributed by atoms with Crippen molar-refractivity contribution in [1.29, 1.82) is 0 Å². The molecule has 1 aliphatic carbocycles. The monoisotopic (exact) mass is 295 g/mol. The van der Waals surface area contributed by atoms with Crippen molar-refractivity contribution in [2.75, 3.05) is 11.5 Å². The summed E-state index contributed by atoms with van der Waals surface area (Å²) in [6.45, 7) is 2.22. The van der Waals surface area contributed by atoms with Crippen LogP contribution in [0, 0.1) is 0 Å². The van der Waals surface area contributed by atoms with E-state index in [0.717, 1.165) is 16.8 Å². The number of anilines is 1. The maximum atomic E-state index is 6.14. The lowest BCUT2D eigenvalue weighted by atomic mass is 10.2. The molecule has 1 aromatic carbocycles. The number of halogens is 1. The van der Waals surface area contributed by atoms with E-state index >= 15 is 0 Å². The van der Waals surface area contributed by atoms with Gasteiger partial charge in [0.25, 0.3) is 0 Å². The summed E-state index contributed by atoms with van der Waals surface area (Å²) in [5.74, 6) is 1.77. The zero-order valence-corrected chi connectivity index (χ0v) is 12.5. The molecule has 2 aromatic rings. The molecule has 19 heavy (non-hydrogen) atoms. The number of imidazole rings is 1. The number of hydrogen-bond donors (Lipinski definition) is 1. The first-order valence-corrected chi connectivity index (χ1v) is 8.18. The summed E-state index contributed by atoms with van der Waals surface area (Å²) < 4.78 is 2.21. The number of benzene rings is 1. The summed E-state index contributed by atoms with van der Waals surface area (Å²) in [6.07, 6.45) is 3.74. The molecule has 0 radical (unpaired) electrons. The Bertz CT molecular complexity index is 596. The Labute approximate surface area is 122 Å². The lowest BCUT2D eigenvalue weighted by molar-refractivity contribution is 0.549. The van der Waals surface area contributed by atoms with Crippen LogP contribution < -0.4 is 5.73 Å². The molecular formula is C14H18ClN3S.